The predicted octanol–water partition coefficient (Wildman–Crippen LogP) is 3.81. The number of phenolic OH excluding ortho intramolecular Hbond substituents is 1. The molecule has 3 nitrogen and oxygen atoms in total. The zero-order valence-corrected chi connectivity index (χ0v) is 10.5. The van der Waals surface area contributed by atoms with E-state index in [1.54, 1.807) is 0 Å². The summed E-state index contributed by atoms with van der Waals surface area (Å²) in [6, 6.07) is 2.79. The monoisotopic (exact) mass is 264 g/mol. The molecule has 0 aliphatic heterocycles. The standard InChI is InChI=1S/C14H13ClO3/c15-11-5-9(16)6-12-13(11)14(17)10(7-18-12)8-3-1-2-4-8/h5-8,16H,1-4H2. The molecule has 1 aromatic carbocycles. The largest absolute Gasteiger partial charge is 0.508 e. The van der Waals surface area contributed by atoms with Gasteiger partial charge in [-0.1, -0.05) is 24.4 Å². The molecule has 1 saturated carbocycles. The Hall–Kier alpha value is -1.48. The Morgan fingerprint density at radius 1 is 1.28 bits per heavy atom. The van der Waals surface area contributed by atoms with Gasteiger partial charge in [-0.05, 0) is 24.8 Å². The van der Waals surface area contributed by atoms with Crippen LogP contribution in [0.2, 0.25) is 5.02 Å². The highest BCUT2D eigenvalue weighted by atomic mass is 35.5. The van der Waals surface area contributed by atoms with Crippen LogP contribution in [0.15, 0.2) is 27.6 Å². The highest BCUT2D eigenvalue weighted by molar-refractivity contribution is 6.35. The molecule has 0 unspecified atom stereocenters. The number of hydrogen-bond donors (Lipinski definition) is 1. The predicted molar refractivity (Wildman–Crippen MR) is 70.4 cm³/mol. The second-order valence-corrected chi connectivity index (χ2v) is 5.21. The highest BCUT2D eigenvalue weighted by Crippen LogP contribution is 2.34. The molecule has 1 aromatic heterocycles. The van der Waals surface area contributed by atoms with E-state index in [1.165, 1.54) is 18.4 Å². The van der Waals surface area contributed by atoms with Crippen LogP contribution in [0.5, 0.6) is 5.75 Å². The molecule has 1 N–H and O–H groups in total. The lowest BCUT2D eigenvalue weighted by molar-refractivity contribution is 0.473. The first-order chi connectivity index (χ1) is 8.66. The number of halogens is 1. The molecule has 1 aliphatic carbocycles. The maximum atomic E-state index is 12.4. The summed E-state index contributed by atoms with van der Waals surface area (Å²) in [4.78, 5) is 12.4. The van der Waals surface area contributed by atoms with Crippen LogP contribution in [-0.4, -0.2) is 5.11 Å². The first-order valence-corrected chi connectivity index (χ1v) is 6.48. The summed E-state index contributed by atoms with van der Waals surface area (Å²) in [5.41, 5.74) is 0.993. The van der Waals surface area contributed by atoms with Gasteiger partial charge in [0.2, 0.25) is 0 Å². The lowest BCUT2D eigenvalue weighted by Crippen LogP contribution is -2.12. The Bertz CT molecular complexity index is 654. The molecule has 3 rings (SSSR count). The van der Waals surface area contributed by atoms with Gasteiger partial charge in [0.1, 0.15) is 11.3 Å². The normalized spacial score (nSPS) is 16.5. The first-order valence-electron chi connectivity index (χ1n) is 6.11. The molecule has 0 atom stereocenters. The zero-order chi connectivity index (χ0) is 12.7. The van der Waals surface area contributed by atoms with Gasteiger partial charge in [0.15, 0.2) is 5.43 Å². The molecule has 4 heteroatoms. The number of rotatable bonds is 1. The Morgan fingerprint density at radius 2 is 2.00 bits per heavy atom. The van der Waals surface area contributed by atoms with Crippen LogP contribution < -0.4 is 5.43 Å². The third kappa shape index (κ3) is 1.79. The van der Waals surface area contributed by atoms with Crippen molar-refractivity contribution >= 4 is 22.6 Å². The second kappa shape index (κ2) is 4.32. The molecule has 0 bridgehead atoms. The first kappa shape index (κ1) is 11.6. The number of benzene rings is 1. The van der Waals surface area contributed by atoms with Crippen molar-refractivity contribution in [2.45, 2.75) is 31.6 Å². The minimum atomic E-state index is -0.0619. The summed E-state index contributed by atoms with van der Waals surface area (Å²) in [5.74, 6) is 0.291. The molecule has 0 radical (unpaired) electrons. The van der Waals surface area contributed by atoms with Crippen LogP contribution >= 0.6 is 11.6 Å². The quantitative estimate of drug-likeness (QED) is 0.852. The van der Waals surface area contributed by atoms with E-state index < -0.39 is 0 Å². The molecule has 1 aliphatic rings. The van der Waals surface area contributed by atoms with Gasteiger partial charge in [0.25, 0.3) is 0 Å². The van der Waals surface area contributed by atoms with Crippen molar-refractivity contribution < 1.29 is 9.52 Å². The average molecular weight is 265 g/mol. The maximum absolute atomic E-state index is 12.4. The van der Waals surface area contributed by atoms with Gasteiger partial charge in [-0.25, -0.2) is 0 Å². The fourth-order valence-electron chi connectivity index (χ4n) is 2.72. The lowest BCUT2D eigenvalue weighted by atomic mass is 9.98. The Morgan fingerprint density at radius 3 is 2.72 bits per heavy atom. The SMILES string of the molecule is O=c1c(C2CCCC2)coc2cc(O)cc(Cl)c12. The van der Waals surface area contributed by atoms with Gasteiger partial charge in [0.05, 0.1) is 16.7 Å². The summed E-state index contributed by atoms with van der Waals surface area (Å²) >= 11 is 6.03. The second-order valence-electron chi connectivity index (χ2n) is 4.80. The van der Waals surface area contributed by atoms with E-state index in [2.05, 4.69) is 0 Å². The summed E-state index contributed by atoms with van der Waals surface area (Å²) in [6.45, 7) is 0. The summed E-state index contributed by atoms with van der Waals surface area (Å²) < 4.78 is 5.45. The van der Waals surface area contributed by atoms with Gasteiger partial charge in [-0.15, -0.1) is 0 Å². The average Bonchev–Trinajstić information content (AvgIpc) is 2.81. The van der Waals surface area contributed by atoms with Gasteiger partial charge >= 0.3 is 0 Å². The highest BCUT2D eigenvalue weighted by Gasteiger charge is 2.22. The van der Waals surface area contributed by atoms with Crippen molar-refractivity contribution in [3.05, 3.63) is 39.2 Å². The fraction of sp³-hybridized carbons (Fsp3) is 0.357. The number of phenols is 1. The Labute approximate surface area is 109 Å². The minimum Gasteiger partial charge on any atom is -0.508 e. The minimum absolute atomic E-state index is 0.00395. The van der Waals surface area contributed by atoms with Crippen molar-refractivity contribution in [1.29, 1.82) is 0 Å². The Kier molecular flexibility index (Phi) is 2.78. The molecule has 94 valence electrons. The van der Waals surface area contributed by atoms with Crippen molar-refractivity contribution in [3.63, 3.8) is 0 Å². The number of aromatic hydroxyl groups is 1. The van der Waals surface area contributed by atoms with E-state index in [0.29, 0.717) is 16.5 Å². The molecule has 1 heterocycles. The number of fused-ring (bicyclic) bond motifs is 1. The van der Waals surface area contributed by atoms with Crippen molar-refractivity contribution in [2.24, 2.45) is 0 Å². The molecule has 1 fully saturated rings. The van der Waals surface area contributed by atoms with Gasteiger partial charge in [0, 0.05) is 11.6 Å². The van der Waals surface area contributed by atoms with Crippen molar-refractivity contribution in [3.8, 4) is 5.75 Å². The van der Waals surface area contributed by atoms with Gasteiger partial charge in [-0.2, -0.15) is 0 Å². The zero-order valence-electron chi connectivity index (χ0n) is 9.78. The maximum Gasteiger partial charge on any atom is 0.197 e. The van der Waals surface area contributed by atoms with E-state index in [9.17, 15) is 9.90 Å². The molecule has 0 amide bonds. The van der Waals surface area contributed by atoms with Crippen LogP contribution in [0.3, 0.4) is 0 Å². The number of hydrogen-bond acceptors (Lipinski definition) is 3. The van der Waals surface area contributed by atoms with Crippen LogP contribution in [0.1, 0.15) is 37.2 Å². The fourth-order valence-corrected chi connectivity index (χ4v) is 3.02. The molecule has 18 heavy (non-hydrogen) atoms. The van der Waals surface area contributed by atoms with Crippen LogP contribution in [-0.2, 0) is 0 Å². The summed E-state index contributed by atoms with van der Waals surface area (Å²) in [6.07, 6.45) is 5.91. The smallest absolute Gasteiger partial charge is 0.197 e. The molecule has 0 spiro atoms. The summed E-state index contributed by atoms with van der Waals surface area (Å²) in [7, 11) is 0. The molecular weight excluding hydrogens is 252 g/mol. The van der Waals surface area contributed by atoms with E-state index in [4.69, 9.17) is 16.0 Å². The van der Waals surface area contributed by atoms with Crippen LogP contribution in [0.4, 0.5) is 0 Å². The van der Waals surface area contributed by atoms with Crippen LogP contribution in [0.25, 0.3) is 11.0 Å². The van der Waals surface area contributed by atoms with Crippen molar-refractivity contribution in [1.82, 2.24) is 0 Å². The van der Waals surface area contributed by atoms with Gasteiger partial charge < -0.3 is 9.52 Å². The molecular formula is C14H13ClO3. The van der Waals surface area contributed by atoms with E-state index >= 15 is 0 Å². The lowest BCUT2D eigenvalue weighted by Gasteiger charge is -2.09. The third-order valence-electron chi connectivity index (χ3n) is 3.64. The Balaban J connectivity index is 2.25. The van der Waals surface area contributed by atoms with E-state index in [0.717, 1.165) is 25.7 Å². The molecule has 2 aromatic rings. The molecule has 0 saturated heterocycles. The van der Waals surface area contributed by atoms with E-state index in [1.807, 2.05) is 0 Å². The van der Waals surface area contributed by atoms with Gasteiger partial charge in [-0.3, -0.25) is 4.79 Å². The topological polar surface area (TPSA) is 50.4 Å². The summed E-state index contributed by atoms with van der Waals surface area (Å²) in [5, 5.41) is 10.1. The van der Waals surface area contributed by atoms with E-state index in [-0.39, 0.29) is 22.1 Å². The van der Waals surface area contributed by atoms with Crippen LogP contribution in [0, 0.1) is 0 Å². The third-order valence-corrected chi connectivity index (χ3v) is 3.93. The van der Waals surface area contributed by atoms with Crippen molar-refractivity contribution in [2.75, 3.05) is 0 Å².